The molecule has 1 fully saturated rings. The number of allylic oxidation sites excluding steroid dienone is 3. The number of phenols is 1. The summed E-state index contributed by atoms with van der Waals surface area (Å²) in [5, 5.41) is 13.5. The van der Waals surface area contributed by atoms with Crippen LogP contribution in [0.1, 0.15) is 45.1 Å². The van der Waals surface area contributed by atoms with Crippen LogP contribution in [0.4, 0.5) is 0 Å². The van der Waals surface area contributed by atoms with Crippen molar-refractivity contribution in [3.05, 3.63) is 52.4 Å². The molecule has 0 radical (unpaired) electrons. The predicted octanol–water partition coefficient (Wildman–Crippen LogP) is 2.86. The number of carbonyl (C=O) groups excluding carboxylic acids is 2. The van der Waals surface area contributed by atoms with Gasteiger partial charge in [-0.05, 0) is 36.5 Å². The number of rotatable bonds is 2. The fraction of sp³-hybridized carbons (Fsp3) is 0.478. The quantitative estimate of drug-likeness (QED) is 0.804. The Balaban J connectivity index is 1.83. The van der Waals surface area contributed by atoms with Gasteiger partial charge < -0.3 is 20.1 Å². The number of benzene rings is 1. The number of ketones is 1. The maximum Gasteiger partial charge on any atom is 0.252 e. The van der Waals surface area contributed by atoms with Crippen molar-refractivity contribution in [2.24, 2.45) is 5.41 Å². The summed E-state index contributed by atoms with van der Waals surface area (Å²) in [6.07, 6.45) is 1.20. The molecule has 6 heteroatoms. The van der Waals surface area contributed by atoms with Crippen molar-refractivity contribution in [1.82, 2.24) is 10.2 Å². The largest absolute Gasteiger partial charge is 0.508 e. The second-order valence-electron chi connectivity index (χ2n) is 8.93. The first kappa shape index (κ1) is 19.7. The minimum absolute atomic E-state index is 0.0665. The summed E-state index contributed by atoms with van der Waals surface area (Å²) in [5.74, 6) is -0.354. The Hall–Kier alpha value is -2.60. The summed E-state index contributed by atoms with van der Waals surface area (Å²) in [7, 11) is 0. The Bertz CT molecular complexity index is 923. The molecule has 1 aromatic carbocycles. The number of hydrogen-bond acceptors (Lipinski definition) is 5. The zero-order chi connectivity index (χ0) is 20.8. The van der Waals surface area contributed by atoms with Gasteiger partial charge in [0.25, 0.3) is 5.91 Å². The SMILES string of the molecule is CC1=C(C(=O)N2CCOCC2)C(c2cccc(O)c2)C2=C(CC(C)(C)CC2=O)N1. The number of Topliss-reactive ketones (excluding diaryl/α,β-unsaturated/α-hetero) is 1. The van der Waals surface area contributed by atoms with Crippen molar-refractivity contribution in [3.8, 4) is 5.75 Å². The Labute approximate surface area is 171 Å². The third-order valence-corrected chi connectivity index (χ3v) is 5.97. The van der Waals surface area contributed by atoms with E-state index in [-0.39, 0.29) is 22.9 Å². The lowest BCUT2D eigenvalue weighted by Gasteiger charge is -2.41. The van der Waals surface area contributed by atoms with E-state index in [0.29, 0.717) is 43.9 Å². The molecule has 154 valence electrons. The van der Waals surface area contributed by atoms with Gasteiger partial charge in [0.2, 0.25) is 0 Å². The van der Waals surface area contributed by atoms with Crippen molar-refractivity contribution >= 4 is 11.7 Å². The van der Waals surface area contributed by atoms with Gasteiger partial charge >= 0.3 is 0 Å². The first-order valence-corrected chi connectivity index (χ1v) is 10.2. The molecular formula is C23H28N2O4. The molecule has 1 amide bonds. The third kappa shape index (κ3) is 3.69. The van der Waals surface area contributed by atoms with Gasteiger partial charge in [-0.25, -0.2) is 0 Å². The molecule has 1 unspecified atom stereocenters. The van der Waals surface area contributed by atoms with E-state index < -0.39 is 5.92 Å². The van der Waals surface area contributed by atoms with E-state index in [1.54, 1.807) is 23.1 Å². The summed E-state index contributed by atoms with van der Waals surface area (Å²) >= 11 is 0. The maximum absolute atomic E-state index is 13.5. The fourth-order valence-corrected chi connectivity index (χ4v) is 4.69. The molecular weight excluding hydrogens is 368 g/mol. The minimum atomic E-state index is -0.475. The maximum atomic E-state index is 13.5. The van der Waals surface area contributed by atoms with Gasteiger partial charge in [0.1, 0.15) is 5.75 Å². The summed E-state index contributed by atoms with van der Waals surface area (Å²) in [6, 6.07) is 6.91. The molecule has 0 spiro atoms. The van der Waals surface area contributed by atoms with Gasteiger partial charge in [-0.1, -0.05) is 26.0 Å². The molecule has 2 N–H and O–H groups in total. The monoisotopic (exact) mass is 396 g/mol. The highest BCUT2D eigenvalue weighted by molar-refractivity contribution is 6.05. The number of hydrogen-bond donors (Lipinski definition) is 2. The molecule has 6 nitrogen and oxygen atoms in total. The van der Waals surface area contributed by atoms with Crippen LogP contribution < -0.4 is 5.32 Å². The highest BCUT2D eigenvalue weighted by atomic mass is 16.5. The van der Waals surface area contributed by atoms with Crippen LogP contribution in [-0.2, 0) is 14.3 Å². The molecule has 29 heavy (non-hydrogen) atoms. The van der Waals surface area contributed by atoms with E-state index >= 15 is 0 Å². The van der Waals surface area contributed by atoms with Crippen LogP contribution in [0.2, 0.25) is 0 Å². The molecule has 3 aliphatic rings. The lowest BCUT2D eigenvalue weighted by molar-refractivity contribution is -0.131. The number of nitrogens with zero attached hydrogens (tertiary/aromatic N) is 1. The molecule has 2 aliphatic heterocycles. The zero-order valence-corrected chi connectivity index (χ0v) is 17.2. The van der Waals surface area contributed by atoms with E-state index in [2.05, 4.69) is 19.2 Å². The predicted molar refractivity (Wildman–Crippen MR) is 109 cm³/mol. The van der Waals surface area contributed by atoms with Crippen LogP contribution in [0.15, 0.2) is 46.8 Å². The smallest absolute Gasteiger partial charge is 0.252 e. The van der Waals surface area contributed by atoms with E-state index in [0.717, 1.165) is 23.4 Å². The van der Waals surface area contributed by atoms with Gasteiger partial charge in [0, 0.05) is 48.0 Å². The van der Waals surface area contributed by atoms with Gasteiger partial charge in [0.15, 0.2) is 5.78 Å². The number of carbonyl (C=O) groups is 2. The Morgan fingerprint density at radius 1 is 1.24 bits per heavy atom. The molecule has 4 rings (SSSR count). The van der Waals surface area contributed by atoms with E-state index in [1.165, 1.54) is 0 Å². The van der Waals surface area contributed by atoms with E-state index in [4.69, 9.17) is 4.74 Å². The number of dihydropyridines is 1. The van der Waals surface area contributed by atoms with Crippen LogP contribution in [0.25, 0.3) is 0 Å². The van der Waals surface area contributed by atoms with Gasteiger partial charge in [-0.15, -0.1) is 0 Å². The highest BCUT2D eigenvalue weighted by Crippen LogP contribution is 2.47. The zero-order valence-electron chi connectivity index (χ0n) is 17.2. The Morgan fingerprint density at radius 2 is 1.97 bits per heavy atom. The molecule has 0 saturated carbocycles. The second-order valence-corrected chi connectivity index (χ2v) is 8.93. The summed E-state index contributed by atoms with van der Waals surface area (Å²) in [4.78, 5) is 28.5. The number of nitrogens with one attached hydrogen (secondary N) is 1. The van der Waals surface area contributed by atoms with Crippen LogP contribution in [0, 0.1) is 5.41 Å². The lowest BCUT2D eigenvalue weighted by Crippen LogP contribution is -2.45. The van der Waals surface area contributed by atoms with Gasteiger partial charge in [-0.2, -0.15) is 0 Å². The molecule has 1 aromatic rings. The number of aromatic hydroxyl groups is 1. The van der Waals surface area contributed by atoms with E-state index in [9.17, 15) is 14.7 Å². The number of ether oxygens (including phenoxy) is 1. The van der Waals surface area contributed by atoms with Crippen molar-refractivity contribution in [2.75, 3.05) is 26.3 Å². The van der Waals surface area contributed by atoms with Crippen molar-refractivity contribution in [2.45, 2.75) is 39.5 Å². The number of phenolic OH excluding ortho intramolecular Hbond substituents is 1. The third-order valence-electron chi connectivity index (χ3n) is 5.97. The van der Waals surface area contributed by atoms with Crippen molar-refractivity contribution in [3.63, 3.8) is 0 Å². The topological polar surface area (TPSA) is 78.9 Å². The van der Waals surface area contributed by atoms with Crippen molar-refractivity contribution in [1.29, 1.82) is 0 Å². The summed E-state index contributed by atoms with van der Waals surface area (Å²) < 4.78 is 5.40. The van der Waals surface area contributed by atoms with Gasteiger partial charge in [0.05, 0.1) is 13.2 Å². The fourth-order valence-electron chi connectivity index (χ4n) is 4.69. The van der Waals surface area contributed by atoms with Crippen LogP contribution in [0.5, 0.6) is 5.75 Å². The van der Waals surface area contributed by atoms with Crippen LogP contribution in [-0.4, -0.2) is 48.0 Å². The second kappa shape index (κ2) is 7.34. The van der Waals surface area contributed by atoms with Gasteiger partial charge in [-0.3, -0.25) is 9.59 Å². The first-order valence-electron chi connectivity index (χ1n) is 10.2. The molecule has 2 heterocycles. The summed E-state index contributed by atoms with van der Waals surface area (Å²) in [5.41, 5.74) is 3.57. The number of morpholine rings is 1. The van der Waals surface area contributed by atoms with Crippen LogP contribution >= 0.6 is 0 Å². The van der Waals surface area contributed by atoms with Crippen LogP contribution in [0.3, 0.4) is 0 Å². The Kier molecular flexibility index (Phi) is 4.99. The number of amides is 1. The highest BCUT2D eigenvalue weighted by Gasteiger charge is 2.43. The Morgan fingerprint density at radius 3 is 2.66 bits per heavy atom. The first-order chi connectivity index (χ1) is 13.8. The molecule has 0 aromatic heterocycles. The van der Waals surface area contributed by atoms with E-state index in [1.807, 2.05) is 13.0 Å². The standard InChI is InChI=1S/C23H28N2O4/c1-14-19(22(28)25-7-9-29-10-8-25)20(15-5-4-6-16(26)11-15)21-17(24-14)12-23(2,3)13-18(21)27/h4-6,11,20,24,26H,7-10,12-13H2,1-3H3. The minimum Gasteiger partial charge on any atom is -0.508 e. The average molecular weight is 396 g/mol. The molecule has 1 aliphatic carbocycles. The van der Waals surface area contributed by atoms with Crippen molar-refractivity contribution < 1.29 is 19.4 Å². The summed E-state index contributed by atoms with van der Waals surface area (Å²) in [6.45, 7) is 8.19. The average Bonchev–Trinajstić information content (AvgIpc) is 2.66. The molecule has 1 saturated heterocycles. The molecule has 0 bridgehead atoms. The molecule has 1 atom stereocenters. The lowest BCUT2D eigenvalue weighted by atomic mass is 9.68. The normalized spacial score (nSPS) is 24.3.